The van der Waals surface area contributed by atoms with E-state index >= 15 is 0 Å². The third kappa shape index (κ3) is 2.35. The van der Waals surface area contributed by atoms with Crippen LogP contribution in [0, 0.1) is 5.92 Å². The SMILES string of the molecule is Brc1ccc(CNC2CN3CCC2CC3)s1. The van der Waals surface area contributed by atoms with Gasteiger partial charge in [0.15, 0.2) is 0 Å². The van der Waals surface area contributed by atoms with Crippen LogP contribution in [0.25, 0.3) is 0 Å². The molecule has 0 aliphatic carbocycles. The van der Waals surface area contributed by atoms with E-state index < -0.39 is 0 Å². The van der Waals surface area contributed by atoms with Crippen LogP contribution in [-0.2, 0) is 6.54 Å². The van der Waals surface area contributed by atoms with Crippen molar-refractivity contribution in [3.05, 3.63) is 20.8 Å². The summed E-state index contributed by atoms with van der Waals surface area (Å²) in [5.74, 6) is 0.924. The molecule has 1 aromatic rings. The number of thiophene rings is 1. The zero-order chi connectivity index (χ0) is 11.0. The molecule has 4 rings (SSSR count). The minimum atomic E-state index is 0.725. The van der Waals surface area contributed by atoms with Gasteiger partial charge in [-0.25, -0.2) is 0 Å². The maximum absolute atomic E-state index is 3.73. The molecule has 3 fully saturated rings. The Morgan fingerprint density at radius 3 is 2.75 bits per heavy atom. The fourth-order valence-electron chi connectivity index (χ4n) is 2.87. The van der Waals surface area contributed by atoms with Gasteiger partial charge in [-0.15, -0.1) is 11.3 Å². The summed E-state index contributed by atoms with van der Waals surface area (Å²) in [5, 5.41) is 3.73. The first-order chi connectivity index (χ1) is 7.81. The van der Waals surface area contributed by atoms with Crippen LogP contribution < -0.4 is 5.32 Å². The highest BCUT2D eigenvalue weighted by Gasteiger charge is 2.33. The molecule has 1 aromatic heterocycles. The van der Waals surface area contributed by atoms with E-state index in [-0.39, 0.29) is 0 Å². The second kappa shape index (κ2) is 4.77. The topological polar surface area (TPSA) is 15.3 Å². The van der Waals surface area contributed by atoms with Crippen molar-refractivity contribution in [3.63, 3.8) is 0 Å². The normalized spacial score (nSPS) is 33.2. The molecule has 2 bridgehead atoms. The number of hydrogen-bond donors (Lipinski definition) is 1. The molecule has 1 unspecified atom stereocenters. The third-order valence-corrected chi connectivity index (χ3v) is 5.45. The molecule has 4 heteroatoms. The van der Waals surface area contributed by atoms with Gasteiger partial charge in [0.1, 0.15) is 0 Å². The summed E-state index contributed by atoms with van der Waals surface area (Å²) in [6.45, 7) is 4.95. The number of rotatable bonds is 3. The predicted molar refractivity (Wildman–Crippen MR) is 71.8 cm³/mol. The molecule has 4 heterocycles. The largest absolute Gasteiger partial charge is 0.308 e. The average molecular weight is 301 g/mol. The van der Waals surface area contributed by atoms with Crippen LogP contribution in [0.2, 0.25) is 0 Å². The summed E-state index contributed by atoms with van der Waals surface area (Å²) in [6.07, 6.45) is 2.79. The van der Waals surface area contributed by atoms with Crippen LogP contribution in [0.5, 0.6) is 0 Å². The van der Waals surface area contributed by atoms with Gasteiger partial charge >= 0.3 is 0 Å². The molecule has 1 N–H and O–H groups in total. The first-order valence-corrected chi connectivity index (χ1v) is 7.62. The molecule has 2 nitrogen and oxygen atoms in total. The lowest BCUT2D eigenvalue weighted by atomic mass is 9.84. The van der Waals surface area contributed by atoms with E-state index in [1.807, 2.05) is 11.3 Å². The van der Waals surface area contributed by atoms with Crippen molar-refractivity contribution in [1.29, 1.82) is 0 Å². The summed E-state index contributed by atoms with van der Waals surface area (Å²) in [7, 11) is 0. The van der Waals surface area contributed by atoms with Crippen molar-refractivity contribution in [2.45, 2.75) is 25.4 Å². The Morgan fingerprint density at radius 1 is 1.38 bits per heavy atom. The van der Waals surface area contributed by atoms with E-state index in [1.54, 1.807) is 0 Å². The monoisotopic (exact) mass is 300 g/mol. The highest BCUT2D eigenvalue weighted by molar-refractivity contribution is 9.11. The molecule has 88 valence electrons. The number of halogens is 1. The average Bonchev–Trinajstić information content (AvgIpc) is 2.74. The van der Waals surface area contributed by atoms with E-state index in [0.29, 0.717) is 0 Å². The second-order valence-electron chi connectivity index (χ2n) is 4.83. The molecule has 3 aliphatic heterocycles. The molecule has 0 amide bonds. The highest BCUT2D eigenvalue weighted by Crippen LogP contribution is 2.28. The number of nitrogens with one attached hydrogen (secondary N) is 1. The quantitative estimate of drug-likeness (QED) is 0.923. The van der Waals surface area contributed by atoms with E-state index in [0.717, 1.165) is 18.5 Å². The Labute approximate surface area is 109 Å². The summed E-state index contributed by atoms with van der Waals surface area (Å²) in [6, 6.07) is 5.07. The highest BCUT2D eigenvalue weighted by atomic mass is 79.9. The summed E-state index contributed by atoms with van der Waals surface area (Å²) < 4.78 is 1.23. The molecule has 0 aromatic carbocycles. The van der Waals surface area contributed by atoms with Gasteiger partial charge in [-0.1, -0.05) is 0 Å². The van der Waals surface area contributed by atoms with Crippen LogP contribution in [-0.4, -0.2) is 30.6 Å². The van der Waals surface area contributed by atoms with Crippen LogP contribution in [0.15, 0.2) is 15.9 Å². The Balaban J connectivity index is 1.55. The molecular formula is C12H17BrN2S. The Kier molecular flexibility index (Phi) is 3.34. The first-order valence-electron chi connectivity index (χ1n) is 6.01. The van der Waals surface area contributed by atoms with E-state index in [1.165, 1.54) is 41.1 Å². The van der Waals surface area contributed by atoms with Gasteiger partial charge < -0.3 is 10.2 Å². The van der Waals surface area contributed by atoms with Crippen molar-refractivity contribution in [2.24, 2.45) is 5.92 Å². The smallest absolute Gasteiger partial charge is 0.0701 e. The molecule has 0 saturated carbocycles. The van der Waals surface area contributed by atoms with Crippen LogP contribution in [0.3, 0.4) is 0 Å². The molecule has 3 saturated heterocycles. The fraction of sp³-hybridized carbons (Fsp3) is 0.667. The van der Waals surface area contributed by atoms with Gasteiger partial charge in [0.05, 0.1) is 3.79 Å². The summed E-state index contributed by atoms with van der Waals surface area (Å²) >= 11 is 5.35. The van der Waals surface area contributed by atoms with Gasteiger partial charge in [-0.2, -0.15) is 0 Å². The van der Waals surface area contributed by atoms with Crippen molar-refractivity contribution in [1.82, 2.24) is 10.2 Å². The maximum Gasteiger partial charge on any atom is 0.0701 e. The number of piperidine rings is 3. The summed E-state index contributed by atoms with van der Waals surface area (Å²) in [4.78, 5) is 4.03. The van der Waals surface area contributed by atoms with Gasteiger partial charge in [-0.3, -0.25) is 0 Å². The minimum absolute atomic E-state index is 0.725. The number of nitrogens with zero attached hydrogens (tertiary/aromatic N) is 1. The Morgan fingerprint density at radius 2 is 2.19 bits per heavy atom. The number of fused-ring (bicyclic) bond motifs is 3. The van der Waals surface area contributed by atoms with Crippen LogP contribution in [0.1, 0.15) is 17.7 Å². The molecular weight excluding hydrogens is 284 g/mol. The molecule has 0 radical (unpaired) electrons. The predicted octanol–water partition coefficient (Wildman–Crippen LogP) is 2.69. The lowest BCUT2D eigenvalue weighted by Crippen LogP contribution is -2.55. The van der Waals surface area contributed by atoms with Crippen molar-refractivity contribution in [3.8, 4) is 0 Å². The van der Waals surface area contributed by atoms with E-state index in [4.69, 9.17) is 0 Å². The lowest BCUT2D eigenvalue weighted by molar-refractivity contribution is 0.0721. The van der Waals surface area contributed by atoms with E-state index in [2.05, 4.69) is 38.3 Å². The van der Waals surface area contributed by atoms with Gasteiger partial charge in [0.2, 0.25) is 0 Å². The number of hydrogen-bond acceptors (Lipinski definition) is 3. The molecule has 1 atom stereocenters. The standard InChI is InChI=1S/C12H17BrN2S/c13-12-2-1-10(16-12)7-14-11-8-15-5-3-9(11)4-6-15/h1-2,9,11,14H,3-8H2. The Bertz CT molecular complexity index is 358. The van der Waals surface area contributed by atoms with Gasteiger partial charge in [-0.05, 0) is 59.9 Å². The second-order valence-corrected chi connectivity index (χ2v) is 7.38. The zero-order valence-electron chi connectivity index (χ0n) is 9.29. The van der Waals surface area contributed by atoms with Crippen molar-refractivity contribution in [2.75, 3.05) is 19.6 Å². The maximum atomic E-state index is 3.73. The van der Waals surface area contributed by atoms with Gasteiger partial charge in [0.25, 0.3) is 0 Å². The lowest BCUT2D eigenvalue weighted by Gasteiger charge is -2.45. The minimum Gasteiger partial charge on any atom is -0.308 e. The third-order valence-electron chi connectivity index (χ3n) is 3.82. The molecule has 3 aliphatic rings. The zero-order valence-corrected chi connectivity index (χ0v) is 11.7. The molecule has 16 heavy (non-hydrogen) atoms. The fourth-order valence-corrected chi connectivity index (χ4v) is 4.31. The van der Waals surface area contributed by atoms with Crippen LogP contribution in [0.4, 0.5) is 0 Å². The summed E-state index contributed by atoms with van der Waals surface area (Å²) in [5.41, 5.74) is 0. The van der Waals surface area contributed by atoms with E-state index in [9.17, 15) is 0 Å². The van der Waals surface area contributed by atoms with Gasteiger partial charge in [0, 0.05) is 24.0 Å². The van der Waals surface area contributed by atoms with Crippen LogP contribution >= 0.6 is 27.3 Å². The molecule has 0 spiro atoms. The first kappa shape index (κ1) is 11.2. The van der Waals surface area contributed by atoms with Crippen molar-refractivity contribution < 1.29 is 0 Å². The Hall–Kier alpha value is 0.1000. The van der Waals surface area contributed by atoms with Crippen molar-refractivity contribution >= 4 is 27.3 Å².